The summed E-state index contributed by atoms with van der Waals surface area (Å²) >= 11 is 0. The lowest BCUT2D eigenvalue weighted by atomic mass is 9.93. The third-order valence-electron chi connectivity index (χ3n) is 5.07. The molecule has 0 unspecified atom stereocenters. The molecule has 4 rings (SSSR count). The summed E-state index contributed by atoms with van der Waals surface area (Å²) in [6.45, 7) is 0.921. The van der Waals surface area contributed by atoms with Crippen molar-refractivity contribution in [2.45, 2.75) is 25.1 Å². The summed E-state index contributed by atoms with van der Waals surface area (Å²) in [4.78, 5) is 20.6. The fourth-order valence-electron chi connectivity index (χ4n) is 3.48. The summed E-state index contributed by atoms with van der Waals surface area (Å²) < 4.78 is 0. The fraction of sp³-hybridized carbons (Fsp3) is 0.227. The predicted molar refractivity (Wildman–Crippen MR) is 107 cm³/mol. The summed E-state index contributed by atoms with van der Waals surface area (Å²) in [6, 6.07) is 15.4. The number of nitrogens with zero attached hydrogens (tertiary/aromatic N) is 2. The number of benzene rings is 2. The average Bonchev–Trinajstić information content (AvgIpc) is 2.77. The number of hydrogen-bond donors (Lipinski definition) is 3. The third-order valence-corrected chi connectivity index (χ3v) is 5.07. The number of aliphatic hydroxyl groups excluding tert-OH is 1. The zero-order valence-corrected chi connectivity index (χ0v) is 15.4. The van der Waals surface area contributed by atoms with E-state index in [0.29, 0.717) is 5.56 Å². The lowest BCUT2D eigenvalue weighted by molar-refractivity contribution is 0.0870. The van der Waals surface area contributed by atoms with Gasteiger partial charge in [0.15, 0.2) is 0 Å². The van der Waals surface area contributed by atoms with Gasteiger partial charge in [0, 0.05) is 42.7 Å². The van der Waals surface area contributed by atoms with E-state index in [1.54, 1.807) is 24.5 Å². The van der Waals surface area contributed by atoms with Crippen LogP contribution in [0, 0.1) is 0 Å². The van der Waals surface area contributed by atoms with Gasteiger partial charge >= 0.3 is 0 Å². The summed E-state index contributed by atoms with van der Waals surface area (Å²) in [6.07, 6.45) is 4.97. The highest BCUT2D eigenvalue weighted by Gasteiger charge is 2.24. The van der Waals surface area contributed by atoms with Crippen LogP contribution in [-0.4, -0.2) is 39.7 Å². The molecule has 1 aliphatic rings. The lowest BCUT2D eigenvalue weighted by Gasteiger charge is -2.30. The van der Waals surface area contributed by atoms with Gasteiger partial charge in [-0.25, -0.2) is 9.97 Å². The van der Waals surface area contributed by atoms with Crippen LogP contribution in [0.2, 0.25) is 0 Å². The molecule has 1 amide bonds. The van der Waals surface area contributed by atoms with Gasteiger partial charge in [-0.2, -0.15) is 0 Å². The second kappa shape index (κ2) is 8.29. The van der Waals surface area contributed by atoms with E-state index in [1.165, 1.54) is 17.5 Å². The van der Waals surface area contributed by atoms with Gasteiger partial charge in [0.05, 0.1) is 6.10 Å². The van der Waals surface area contributed by atoms with Crippen LogP contribution < -0.4 is 10.6 Å². The van der Waals surface area contributed by atoms with Gasteiger partial charge in [-0.3, -0.25) is 4.79 Å². The van der Waals surface area contributed by atoms with E-state index in [1.807, 2.05) is 24.3 Å². The summed E-state index contributed by atoms with van der Waals surface area (Å²) in [5, 5.41) is 16.7. The Morgan fingerprint density at radius 1 is 1.11 bits per heavy atom. The molecule has 2 heterocycles. The number of hydrogen-bond acceptors (Lipinski definition) is 5. The maximum absolute atomic E-state index is 12.5. The van der Waals surface area contributed by atoms with E-state index in [2.05, 4.69) is 32.7 Å². The lowest BCUT2D eigenvalue weighted by Crippen LogP contribution is -2.49. The van der Waals surface area contributed by atoms with Gasteiger partial charge in [-0.05, 0) is 35.2 Å². The highest BCUT2D eigenvalue weighted by Crippen LogP contribution is 2.19. The van der Waals surface area contributed by atoms with E-state index < -0.39 is 6.10 Å². The number of carbonyl (C=O) groups is 1. The summed E-state index contributed by atoms with van der Waals surface area (Å²) in [5.74, 6) is -0.214. The zero-order valence-electron chi connectivity index (χ0n) is 15.4. The average molecular weight is 374 g/mol. The molecule has 1 aromatic heterocycles. The molecule has 2 aromatic carbocycles. The second-order valence-corrected chi connectivity index (χ2v) is 6.95. The monoisotopic (exact) mass is 374 g/mol. The third kappa shape index (κ3) is 4.08. The Morgan fingerprint density at radius 2 is 1.89 bits per heavy atom. The number of rotatable bonds is 5. The second-order valence-electron chi connectivity index (χ2n) is 6.95. The van der Waals surface area contributed by atoms with Crippen LogP contribution in [0.15, 0.2) is 67.3 Å². The molecule has 6 nitrogen and oxygen atoms in total. The summed E-state index contributed by atoms with van der Waals surface area (Å²) in [7, 11) is 0. The van der Waals surface area contributed by atoms with Crippen LogP contribution in [0.1, 0.15) is 21.5 Å². The molecular formula is C22H22N4O2. The SMILES string of the molecule is O=C(NC[C@@H](O)[C@@H]1Cc2ccccc2CN1)c1cccc(-c2cncnc2)c1. The topological polar surface area (TPSA) is 87.1 Å². The van der Waals surface area contributed by atoms with Crippen LogP contribution >= 0.6 is 0 Å². The molecule has 0 radical (unpaired) electrons. The molecule has 28 heavy (non-hydrogen) atoms. The Morgan fingerprint density at radius 3 is 2.71 bits per heavy atom. The molecule has 0 spiro atoms. The molecule has 2 atom stereocenters. The van der Waals surface area contributed by atoms with Crippen molar-refractivity contribution >= 4 is 5.91 Å². The quantitative estimate of drug-likeness (QED) is 0.635. The van der Waals surface area contributed by atoms with Crippen molar-refractivity contribution in [3.63, 3.8) is 0 Å². The smallest absolute Gasteiger partial charge is 0.251 e. The van der Waals surface area contributed by atoms with E-state index in [9.17, 15) is 9.90 Å². The first-order chi connectivity index (χ1) is 13.7. The minimum Gasteiger partial charge on any atom is -0.390 e. The highest BCUT2D eigenvalue weighted by molar-refractivity contribution is 5.95. The molecule has 6 heteroatoms. The molecular weight excluding hydrogens is 352 g/mol. The number of fused-ring (bicyclic) bond motifs is 1. The largest absolute Gasteiger partial charge is 0.390 e. The van der Waals surface area contributed by atoms with Crippen LogP contribution in [0.5, 0.6) is 0 Å². The first-order valence-electron chi connectivity index (χ1n) is 9.32. The molecule has 0 saturated carbocycles. The maximum Gasteiger partial charge on any atom is 0.251 e. The van der Waals surface area contributed by atoms with Gasteiger partial charge in [0.25, 0.3) is 5.91 Å². The van der Waals surface area contributed by atoms with E-state index in [4.69, 9.17) is 0 Å². The molecule has 0 aliphatic carbocycles. The number of aliphatic hydroxyl groups is 1. The Bertz CT molecular complexity index is 962. The Hall–Kier alpha value is -3.09. The number of amides is 1. The molecule has 3 aromatic rings. The molecule has 1 aliphatic heterocycles. The van der Waals surface area contributed by atoms with Gasteiger partial charge in [-0.1, -0.05) is 36.4 Å². The van der Waals surface area contributed by atoms with Crippen molar-refractivity contribution in [2.24, 2.45) is 0 Å². The highest BCUT2D eigenvalue weighted by atomic mass is 16.3. The fourth-order valence-corrected chi connectivity index (χ4v) is 3.48. The van der Waals surface area contributed by atoms with Crippen molar-refractivity contribution in [1.82, 2.24) is 20.6 Å². The van der Waals surface area contributed by atoms with Crippen LogP contribution in [-0.2, 0) is 13.0 Å². The van der Waals surface area contributed by atoms with Gasteiger partial charge in [-0.15, -0.1) is 0 Å². The minimum absolute atomic E-state index is 0.0806. The number of nitrogens with one attached hydrogen (secondary N) is 2. The van der Waals surface area contributed by atoms with Crippen molar-refractivity contribution in [1.29, 1.82) is 0 Å². The Balaban J connectivity index is 1.37. The molecule has 0 bridgehead atoms. The first-order valence-corrected chi connectivity index (χ1v) is 9.32. The van der Waals surface area contributed by atoms with Crippen molar-refractivity contribution in [2.75, 3.05) is 6.54 Å². The van der Waals surface area contributed by atoms with Crippen LogP contribution in [0.3, 0.4) is 0 Å². The first kappa shape index (κ1) is 18.3. The number of aromatic nitrogens is 2. The van der Waals surface area contributed by atoms with Crippen LogP contribution in [0.25, 0.3) is 11.1 Å². The minimum atomic E-state index is -0.664. The molecule has 0 saturated heterocycles. The van der Waals surface area contributed by atoms with Crippen molar-refractivity contribution in [3.8, 4) is 11.1 Å². The standard InChI is InChI=1S/C22H22N4O2/c27-21(20-9-16-4-1-2-5-18(16)12-25-20)13-26-22(28)17-7-3-6-15(8-17)19-10-23-14-24-11-19/h1-8,10-11,14,20-21,25,27H,9,12-13H2,(H,26,28)/t20-,21+/m0/s1. The van der Waals surface area contributed by atoms with Crippen molar-refractivity contribution < 1.29 is 9.90 Å². The van der Waals surface area contributed by atoms with Gasteiger partial charge < -0.3 is 15.7 Å². The zero-order chi connectivity index (χ0) is 19.3. The molecule has 0 fully saturated rings. The van der Waals surface area contributed by atoms with E-state index >= 15 is 0 Å². The normalized spacial score (nSPS) is 16.8. The van der Waals surface area contributed by atoms with E-state index in [0.717, 1.165) is 24.1 Å². The van der Waals surface area contributed by atoms with Crippen LogP contribution in [0.4, 0.5) is 0 Å². The Kier molecular flexibility index (Phi) is 5.41. The Labute approximate surface area is 163 Å². The van der Waals surface area contributed by atoms with Crippen molar-refractivity contribution in [3.05, 3.63) is 83.9 Å². The maximum atomic E-state index is 12.5. The molecule has 142 valence electrons. The number of carbonyl (C=O) groups excluding carboxylic acids is 1. The van der Waals surface area contributed by atoms with E-state index in [-0.39, 0.29) is 18.5 Å². The van der Waals surface area contributed by atoms with Gasteiger partial charge in [0.1, 0.15) is 6.33 Å². The van der Waals surface area contributed by atoms with Gasteiger partial charge in [0.2, 0.25) is 0 Å². The predicted octanol–water partition coefficient (Wildman–Crippen LogP) is 1.95. The summed E-state index contributed by atoms with van der Waals surface area (Å²) in [5.41, 5.74) is 4.77. The molecule has 3 N–H and O–H groups in total.